The van der Waals surface area contributed by atoms with Crippen LogP contribution < -0.4 is 32.0 Å². The van der Waals surface area contributed by atoms with Gasteiger partial charge < -0.3 is 68.9 Å². The minimum Gasteiger partial charge on any atom is -0.514 e. The highest BCUT2D eigenvalue weighted by Crippen LogP contribution is 2.37. The molecule has 1 fully saturated rings. The van der Waals surface area contributed by atoms with Crippen molar-refractivity contribution in [3.05, 3.63) is 233 Å². The van der Waals surface area contributed by atoms with E-state index < -0.39 is 0 Å². The molecule has 8 aromatic heterocycles. The number of aliphatic hydroxyl groups is 2. The number of hydrogen-bond acceptors (Lipinski definition) is 22. The van der Waals surface area contributed by atoms with Crippen molar-refractivity contribution in [1.82, 2.24) is 53.9 Å². The van der Waals surface area contributed by atoms with E-state index >= 15 is 0 Å². The number of benzene rings is 5. The number of nitrogens with two attached hydrogens (primary N) is 2. The van der Waals surface area contributed by atoms with E-state index in [1.807, 2.05) is 179 Å². The fourth-order valence-electron chi connectivity index (χ4n) is 11.8. The quantitative estimate of drug-likeness (QED) is 0.0260. The van der Waals surface area contributed by atoms with E-state index in [-0.39, 0.29) is 29.5 Å². The Labute approximate surface area is 649 Å². The van der Waals surface area contributed by atoms with E-state index in [0.29, 0.717) is 17.5 Å². The largest absolute Gasteiger partial charge is 0.514 e. The van der Waals surface area contributed by atoms with Crippen molar-refractivity contribution in [2.75, 3.05) is 40.7 Å². The van der Waals surface area contributed by atoms with Gasteiger partial charge in [-0.3, -0.25) is 0 Å². The van der Waals surface area contributed by atoms with E-state index in [0.717, 1.165) is 167 Å². The number of aromatic nitrogens is 11. The van der Waals surface area contributed by atoms with Crippen molar-refractivity contribution < 1.29 is 28.6 Å². The zero-order valence-corrected chi connectivity index (χ0v) is 65.9. The molecule has 1 aliphatic rings. The average Bonchev–Trinajstić information content (AvgIpc) is 1.60. The second-order valence-corrected chi connectivity index (χ2v) is 27.7. The molecular weight excluding hydrogens is 1450 g/mol. The normalized spacial score (nSPS) is 12.6. The zero-order valence-electron chi connectivity index (χ0n) is 64.4. The molecule has 5 aromatic carbocycles. The summed E-state index contributed by atoms with van der Waals surface area (Å²) >= 11 is 3.38. The Balaban J connectivity index is 0.000000156. The molecule has 0 unspecified atom stereocenters. The standard InChI is InChI=1S/C19H19N5O.C18H17N5O.C18H19N5.C11H12N2O.C9H14BNO3.C8H10BrN/c1-4-13-7-14(15(9-20)11-25)5-6-17(13)24(3)19-8-18-16(10-21-19)22-12-23(18)2;1-3-12-6-13(14(8-19)10-24)4-5-15(12)22-18-7-17-16(9-20-18)21-11-23(17)2;1-4-14-9-13(7-8-19)5-6-16(14)23(3)18-10-17-15(11-20-18)21-12-22(17)2;1-2-8-5-9(3-4-11(8)12)10-6-13-14-7-10;1-8(2)9(3,4)14-10(13-8)7-5-11-12-6-7;1-2-6-5-7(9)3-4-8(6)10/h5-8,10-12,25H,4H2,1-3H3;4-7,9-11,24H,3H2,1-2H3,(H,20,22);5-6,9-12H,4,7H2,1-3H3;3-7H,2,12H2,1H3;5-6H,1-4H3;3-5H,2,10H2,1H3/b15-11-;14-10-;;;;. The summed E-state index contributed by atoms with van der Waals surface area (Å²) in [6, 6.07) is 41.6. The Kier molecular flexibility index (Phi) is 27.6. The van der Waals surface area contributed by atoms with Gasteiger partial charge >= 0.3 is 7.12 Å². The fourth-order valence-corrected chi connectivity index (χ4v) is 12.3. The number of fused-ring (bicyclic) bond motifs is 3. The van der Waals surface area contributed by atoms with Crippen LogP contribution in [0.15, 0.2) is 198 Å². The highest BCUT2D eigenvalue weighted by atomic mass is 79.9. The van der Waals surface area contributed by atoms with Gasteiger partial charge in [0.2, 0.25) is 0 Å². The third kappa shape index (κ3) is 19.6. The number of aliphatic hydroxyl groups excluding tert-OH is 2. The molecule has 14 rings (SSSR count). The molecule has 0 amide bonds. The van der Waals surface area contributed by atoms with Crippen molar-refractivity contribution in [1.29, 1.82) is 15.8 Å². The molecule has 0 atom stereocenters. The zero-order chi connectivity index (χ0) is 79.4. The molecule has 0 bridgehead atoms. The van der Waals surface area contributed by atoms with Crippen LogP contribution in [0.3, 0.4) is 0 Å². The van der Waals surface area contributed by atoms with Crippen LogP contribution in [0.25, 0.3) is 55.4 Å². The van der Waals surface area contributed by atoms with Crippen LogP contribution in [0.1, 0.15) is 107 Å². The Morgan fingerprint density at radius 1 is 0.536 bits per heavy atom. The third-order valence-corrected chi connectivity index (χ3v) is 19.6. The van der Waals surface area contributed by atoms with E-state index in [4.69, 9.17) is 50.7 Å². The number of nitriles is 3. The molecule has 1 aliphatic heterocycles. The molecule has 110 heavy (non-hydrogen) atoms. The maximum absolute atomic E-state index is 9.19. The molecule has 27 heteroatoms. The number of halogens is 1. The monoisotopic (exact) mass is 1540 g/mol. The molecule has 0 aliphatic carbocycles. The van der Waals surface area contributed by atoms with Crippen LogP contribution in [0.5, 0.6) is 0 Å². The first-order chi connectivity index (χ1) is 52.8. The van der Waals surface area contributed by atoms with E-state index in [1.54, 1.807) is 68.6 Å². The number of hydrogen-bond donors (Lipinski definition) is 5. The van der Waals surface area contributed by atoms with Crippen LogP contribution >= 0.6 is 15.9 Å². The highest BCUT2D eigenvalue weighted by molar-refractivity contribution is 9.10. The van der Waals surface area contributed by atoms with Gasteiger partial charge in [-0.05, 0) is 171 Å². The first kappa shape index (κ1) is 81.5. The summed E-state index contributed by atoms with van der Waals surface area (Å²) in [6.07, 6.45) is 23.7. The minimum absolute atomic E-state index is 0.241. The van der Waals surface area contributed by atoms with Gasteiger partial charge in [0.15, 0.2) is 0 Å². The Morgan fingerprint density at radius 2 is 1.01 bits per heavy atom. The molecule has 564 valence electrons. The summed E-state index contributed by atoms with van der Waals surface area (Å²) < 4.78 is 28.1. The molecule has 0 saturated carbocycles. The van der Waals surface area contributed by atoms with Gasteiger partial charge in [0, 0.05) is 97.4 Å². The number of nitrogens with zero attached hydrogens (tertiary/aromatic N) is 16. The van der Waals surface area contributed by atoms with Crippen LogP contribution in [0.4, 0.5) is 45.9 Å². The maximum Gasteiger partial charge on any atom is 0.499 e. The first-order valence-electron chi connectivity index (χ1n) is 35.7. The SMILES string of the molecule is CC1(C)OB(c2cnoc2)OC1(C)C.CCc1cc(-c2cnoc2)ccc1N.CCc1cc(/C(C#N)=C\O)ccc1N(C)c1cc2c(cn1)ncn2C.CCc1cc(/C(C#N)=C\O)ccc1Nc1cc2c(cn1)ncn2C.CCc1cc(Br)ccc1N.CCc1cc(CC#N)ccc1N(C)c1cc2c(cn1)ncn2C. The number of pyridine rings is 3. The van der Waals surface area contributed by atoms with E-state index in [2.05, 4.69) is 124 Å². The average molecular weight is 1540 g/mol. The van der Waals surface area contributed by atoms with Crippen LogP contribution in [-0.4, -0.2) is 96.5 Å². The van der Waals surface area contributed by atoms with Crippen LogP contribution in [0, 0.1) is 34.0 Å². The first-order valence-corrected chi connectivity index (χ1v) is 36.5. The van der Waals surface area contributed by atoms with E-state index in [9.17, 15) is 5.11 Å². The molecule has 0 radical (unpaired) electrons. The number of imidazole rings is 3. The predicted octanol–water partition coefficient (Wildman–Crippen LogP) is 16.8. The van der Waals surface area contributed by atoms with Gasteiger partial charge in [0.1, 0.15) is 58.7 Å². The lowest BCUT2D eigenvalue weighted by molar-refractivity contribution is 0.00578. The molecular formula is C83H91BBrN19O6. The number of nitrogen functional groups attached to an aromatic ring is 2. The van der Waals surface area contributed by atoms with Gasteiger partial charge in [-0.15, -0.1) is 0 Å². The van der Waals surface area contributed by atoms with Crippen molar-refractivity contribution in [2.24, 2.45) is 21.1 Å². The fraction of sp³-hybridized carbons (Fsp3) is 0.265. The van der Waals surface area contributed by atoms with Crippen molar-refractivity contribution in [3.8, 4) is 29.3 Å². The molecule has 25 nitrogen and oxygen atoms in total. The number of allylic oxidation sites excluding steroid dienone is 2. The van der Waals surface area contributed by atoms with Crippen molar-refractivity contribution >= 4 is 119 Å². The molecule has 9 heterocycles. The lowest BCUT2D eigenvalue weighted by atomic mass is 9.82. The summed E-state index contributed by atoms with van der Waals surface area (Å²) in [6.45, 7) is 18.5. The number of nitrogens with one attached hydrogen (secondary N) is 1. The van der Waals surface area contributed by atoms with E-state index in [1.165, 1.54) is 11.1 Å². The van der Waals surface area contributed by atoms with Crippen molar-refractivity contribution in [2.45, 2.75) is 112 Å². The lowest BCUT2D eigenvalue weighted by Gasteiger charge is -2.32. The topological polar surface area (TPSA) is 345 Å². The summed E-state index contributed by atoms with van der Waals surface area (Å²) in [4.78, 5) is 30.4. The van der Waals surface area contributed by atoms with Gasteiger partial charge in [-0.2, -0.15) is 15.8 Å². The smallest absolute Gasteiger partial charge is 0.499 e. The molecule has 0 spiro atoms. The highest BCUT2D eigenvalue weighted by Gasteiger charge is 2.52. The van der Waals surface area contributed by atoms with Gasteiger partial charge in [-0.1, -0.05) is 91.2 Å². The Morgan fingerprint density at radius 3 is 1.49 bits per heavy atom. The predicted molar refractivity (Wildman–Crippen MR) is 440 cm³/mol. The van der Waals surface area contributed by atoms with Crippen LogP contribution in [0.2, 0.25) is 0 Å². The molecule has 13 aromatic rings. The third-order valence-electron chi connectivity index (χ3n) is 19.1. The maximum atomic E-state index is 9.19. The van der Waals surface area contributed by atoms with Gasteiger partial charge in [-0.25, -0.2) is 29.9 Å². The summed E-state index contributed by atoms with van der Waals surface area (Å²) in [5, 5.41) is 56.0. The number of anilines is 8. The number of rotatable bonds is 16. The molecule has 1 saturated heterocycles. The second-order valence-electron chi connectivity index (χ2n) is 26.7. The summed E-state index contributed by atoms with van der Waals surface area (Å²) in [7, 11) is 9.49. The lowest BCUT2D eigenvalue weighted by Crippen LogP contribution is -2.41. The van der Waals surface area contributed by atoms with Gasteiger partial charge in [0.25, 0.3) is 0 Å². The van der Waals surface area contributed by atoms with Gasteiger partial charge in [0.05, 0.1) is 114 Å². The Hall–Kier alpha value is -12.6. The minimum atomic E-state index is -0.369. The second kappa shape index (κ2) is 37.3. The van der Waals surface area contributed by atoms with Crippen LogP contribution in [-0.2, 0) is 69.0 Å². The van der Waals surface area contributed by atoms with Crippen molar-refractivity contribution in [3.63, 3.8) is 0 Å². The number of aryl methyl sites for hydroxylation is 8. The molecule has 7 N–H and O–H groups in total. The summed E-state index contributed by atoms with van der Waals surface area (Å²) in [5.74, 6) is 2.42. The Bertz CT molecular complexity index is 5480. The summed E-state index contributed by atoms with van der Waals surface area (Å²) in [5.41, 5.74) is 32.8.